The van der Waals surface area contributed by atoms with E-state index in [1.54, 1.807) is 0 Å². The van der Waals surface area contributed by atoms with Gasteiger partial charge in [-0.2, -0.15) is 0 Å². The summed E-state index contributed by atoms with van der Waals surface area (Å²) in [4.78, 5) is 26.4. The summed E-state index contributed by atoms with van der Waals surface area (Å²) < 4.78 is 0. The van der Waals surface area contributed by atoms with Gasteiger partial charge < -0.3 is 16.4 Å². The van der Waals surface area contributed by atoms with Crippen molar-refractivity contribution in [2.45, 2.75) is 26.2 Å². The summed E-state index contributed by atoms with van der Waals surface area (Å²) in [6.45, 7) is 4.83. The summed E-state index contributed by atoms with van der Waals surface area (Å²) in [6.07, 6.45) is 2.74. The number of hydrogen-bond acceptors (Lipinski definition) is 4. The normalized spacial score (nSPS) is 18.2. The SMILES string of the molecule is CCc1cccc(NC(=O)CN2CCCC(C(=O)NCCN)C2)c1. The number of rotatable bonds is 7. The van der Waals surface area contributed by atoms with Gasteiger partial charge in [0.1, 0.15) is 0 Å². The molecule has 1 heterocycles. The highest BCUT2D eigenvalue weighted by atomic mass is 16.2. The number of nitrogens with two attached hydrogens (primary N) is 1. The average molecular weight is 332 g/mol. The van der Waals surface area contributed by atoms with Gasteiger partial charge in [-0.25, -0.2) is 0 Å². The zero-order chi connectivity index (χ0) is 17.4. The van der Waals surface area contributed by atoms with Crippen molar-refractivity contribution in [2.75, 3.05) is 38.0 Å². The molecule has 2 amide bonds. The lowest BCUT2D eigenvalue weighted by Crippen LogP contribution is -2.46. The first kappa shape index (κ1) is 18.4. The Balaban J connectivity index is 1.83. The molecular weight excluding hydrogens is 304 g/mol. The Morgan fingerprint density at radius 3 is 2.96 bits per heavy atom. The molecular formula is C18H28N4O2. The second-order valence-corrected chi connectivity index (χ2v) is 6.26. The standard InChI is InChI=1S/C18H28N4O2/c1-2-14-5-3-7-16(11-14)21-17(23)13-22-10-4-6-15(12-22)18(24)20-9-8-19/h3,5,7,11,15H,2,4,6,8-10,12-13,19H2,1H3,(H,20,24)(H,21,23). The largest absolute Gasteiger partial charge is 0.355 e. The van der Waals surface area contributed by atoms with Crippen molar-refractivity contribution in [2.24, 2.45) is 11.7 Å². The van der Waals surface area contributed by atoms with E-state index in [4.69, 9.17) is 5.73 Å². The molecule has 0 aliphatic carbocycles. The van der Waals surface area contributed by atoms with Crippen molar-refractivity contribution in [1.29, 1.82) is 0 Å². The summed E-state index contributed by atoms with van der Waals surface area (Å²) >= 11 is 0. The van der Waals surface area contributed by atoms with Gasteiger partial charge in [-0.15, -0.1) is 0 Å². The molecule has 0 bridgehead atoms. The number of piperidine rings is 1. The minimum atomic E-state index is -0.0541. The highest BCUT2D eigenvalue weighted by Gasteiger charge is 2.26. The monoisotopic (exact) mass is 332 g/mol. The summed E-state index contributed by atoms with van der Waals surface area (Å²) in [5.74, 6) is -0.0472. The van der Waals surface area contributed by atoms with Crippen LogP contribution in [0.2, 0.25) is 0 Å². The number of nitrogens with one attached hydrogen (secondary N) is 2. The number of aryl methyl sites for hydroxylation is 1. The van der Waals surface area contributed by atoms with Gasteiger partial charge in [0, 0.05) is 25.3 Å². The second-order valence-electron chi connectivity index (χ2n) is 6.26. The number of carbonyl (C=O) groups excluding carboxylic acids is 2. The fourth-order valence-electron chi connectivity index (χ4n) is 3.03. The van der Waals surface area contributed by atoms with E-state index in [0.29, 0.717) is 26.2 Å². The molecule has 24 heavy (non-hydrogen) atoms. The van der Waals surface area contributed by atoms with Crippen LogP contribution < -0.4 is 16.4 Å². The average Bonchev–Trinajstić information content (AvgIpc) is 2.59. The smallest absolute Gasteiger partial charge is 0.238 e. The zero-order valence-electron chi connectivity index (χ0n) is 14.4. The molecule has 1 saturated heterocycles. The summed E-state index contributed by atoms with van der Waals surface area (Å²) in [7, 11) is 0. The Morgan fingerprint density at radius 2 is 2.21 bits per heavy atom. The first-order valence-corrected chi connectivity index (χ1v) is 8.71. The molecule has 0 saturated carbocycles. The molecule has 2 rings (SSSR count). The van der Waals surface area contributed by atoms with Gasteiger partial charge in [-0.3, -0.25) is 14.5 Å². The maximum absolute atomic E-state index is 12.3. The van der Waals surface area contributed by atoms with Crippen molar-refractivity contribution in [3.63, 3.8) is 0 Å². The van der Waals surface area contributed by atoms with E-state index < -0.39 is 0 Å². The molecule has 6 heteroatoms. The van der Waals surface area contributed by atoms with E-state index in [1.165, 1.54) is 5.56 Å². The van der Waals surface area contributed by atoms with Crippen LogP contribution in [0, 0.1) is 5.92 Å². The number of benzene rings is 1. The van der Waals surface area contributed by atoms with E-state index in [0.717, 1.165) is 31.5 Å². The van der Waals surface area contributed by atoms with Gasteiger partial charge in [0.2, 0.25) is 11.8 Å². The van der Waals surface area contributed by atoms with Gasteiger partial charge in [0.15, 0.2) is 0 Å². The van der Waals surface area contributed by atoms with Crippen molar-refractivity contribution >= 4 is 17.5 Å². The lowest BCUT2D eigenvalue weighted by molar-refractivity contribution is -0.127. The molecule has 1 atom stereocenters. The Kier molecular flexibility index (Phi) is 7.21. The first-order valence-electron chi connectivity index (χ1n) is 8.71. The van der Waals surface area contributed by atoms with Crippen LogP contribution in [0.5, 0.6) is 0 Å². The third-order valence-electron chi connectivity index (χ3n) is 4.31. The third-order valence-corrected chi connectivity index (χ3v) is 4.31. The number of hydrogen-bond donors (Lipinski definition) is 3. The predicted octanol–water partition coefficient (Wildman–Crippen LogP) is 0.974. The fourth-order valence-corrected chi connectivity index (χ4v) is 3.03. The van der Waals surface area contributed by atoms with Crippen molar-refractivity contribution in [1.82, 2.24) is 10.2 Å². The van der Waals surface area contributed by atoms with Gasteiger partial charge in [-0.05, 0) is 43.5 Å². The van der Waals surface area contributed by atoms with Crippen LogP contribution in [0.4, 0.5) is 5.69 Å². The van der Waals surface area contributed by atoms with Gasteiger partial charge in [0.05, 0.1) is 12.5 Å². The minimum Gasteiger partial charge on any atom is -0.355 e. The molecule has 6 nitrogen and oxygen atoms in total. The molecule has 1 unspecified atom stereocenters. The maximum atomic E-state index is 12.3. The third kappa shape index (κ3) is 5.62. The molecule has 1 aromatic carbocycles. The highest BCUT2D eigenvalue weighted by molar-refractivity contribution is 5.92. The Labute approximate surface area is 143 Å². The summed E-state index contributed by atoms with van der Waals surface area (Å²) in [5.41, 5.74) is 7.44. The second kappa shape index (κ2) is 9.39. The first-order chi connectivity index (χ1) is 11.6. The number of amides is 2. The summed E-state index contributed by atoms with van der Waals surface area (Å²) in [6, 6.07) is 7.89. The van der Waals surface area contributed by atoms with Crippen molar-refractivity contribution in [3.05, 3.63) is 29.8 Å². The van der Waals surface area contributed by atoms with E-state index in [2.05, 4.69) is 22.5 Å². The Morgan fingerprint density at radius 1 is 1.38 bits per heavy atom. The molecule has 1 aliphatic rings. The number of likely N-dealkylation sites (tertiary alicyclic amines) is 1. The topological polar surface area (TPSA) is 87.5 Å². The highest BCUT2D eigenvalue weighted by Crippen LogP contribution is 2.17. The summed E-state index contributed by atoms with van der Waals surface area (Å²) in [5, 5.41) is 5.78. The molecule has 4 N–H and O–H groups in total. The van der Waals surface area contributed by atoms with E-state index >= 15 is 0 Å². The van der Waals surface area contributed by atoms with Crippen LogP contribution in [-0.4, -0.2) is 49.4 Å². The Bertz CT molecular complexity index is 562. The number of anilines is 1. The van der Waals surface area contributed by atoms with Crippen molar-refractivity contribution in [3.8, 4) is 0 Å². The lowest BCUT2D eigenvalue weighted by atomic mass is 9.97. The van der Waals surface area contributed by atoms with Crippen LogP contribution in [0.15, 0.2) is 24.3 Å². The van der Waals surface area contributed by atoms with Crippen LogP contribution >= 0.6 is 0 Å². The molecule has 1 aromatic rings. The number of carbonyl (C=O) groups is 2. The van der Waals surface area contributed by atoms with Gasteiger partial charge in [0.25, 0.3) is 0 Å². The molecule has 1 aliphatic heterocycles. The van der Waals surface area contributed by atoms with Crippen LogP contribution in [0.3, 0.4) is 0 Å². The molecule has 1 fully saturated rings. The molecule has 132 valence electrons. The van der Waals surface area contributed by atoms with Crippen LogP contribution in [0.1, 0.15) is 25.3 Å². The van der Waals surface area contributed by atoms with Gasteiger partial charge >= 0.3 is 0 Å². The van der Waals surface area contributed by atoms with Crippen LogP contribution in [0.25, 0.3) is 0 Å². The van der Waals surface area contributed by atoms with Crippen LogP contribution in [-0.2, 0) is 16.0 Å². The maximum Gasteiger partial charge on any atom is 0.238 e. The Hall–Kier alpha value is -1.92. The zero-order valence-corrected chi connectivity index (χ0v) is 14.4. The number of nitrogens with zero attached hydrogens (tertiary/aromatic N) is 1. The molecule has 0 radical (unpaired) electrons. The van der Waals surface area contributed by atoms with Gasteiger partial charge in [-0.1, -0.05) is 19.1 Å². The predicted molar refractivity (Wildman–Crippen MR) is 95.7 cm³/mol. The fraction of sp³-hybridized carbons (Fsp3) is 0.556. The minimum absolute atomic E-state index is 0.0359. The quantitative estimate of drug-likeness (QED) is 0.694. The van der Waals surface area contributed by atoms with Crippen molar-refractivity contribution < 1.29 is 9.59 Å². The van der Waals surface area contributed by atoms with E-state index in [9.17, 15) is 9.59 Å². The molecule has 0 spiro atoms. The van der Waals surface area contributed by atoms with E-state index in [-0.39, 0.29) is 17.7 Å². The lowest BCUT2D eigenvalue weighted by Gasteiger charge is -2.31. The molecule has 0 aromatic heterocycles. The van der Waals surface area contributed by atoms with E-state index in [1.807, 2.05) is 24.3 Å².